The molecule has 0 radical (unpaired) electrons. The van der Waals surface area contributed by atoms with E-state index in [2.05, 4.69) is 15.2 Å². The van der Waals surface area contributed by atoms with Crippen molar-refractivity contribution in [1.82, 2.24) is 24.1 Å². The Balaban J connectivity index is 1.45. The number of rotatable bonds is 4. The van der Waals surface area contributed by atoms with Crippen LogP contribution in [0, 0.1) is 18.7 Å². The van der Waals surface area contributed by atoms with Crippen LogP contribution < -0.4 is 0 Å². The van der Waals surface area contributed by atoms with Crippen LogP contribution in [0.5, 0.6) is 0 Å². The fourth-order valence-electron chi connectivity index (χ4n) is 4.12. The summed E-state index contributed by atoms with van der Waals surface area (Å²) >= 11 is 6.70. The molecule has 154 valence electrons. The van der Waals surface area contributed by atoms with Crippen molar-refractivity contribution in [1.29, 1.82) is 0 Å². The van der Waals surface area contributed by atoms with Crippen molar-refractivity contribution in [3.8, 4) is 16.8 Å². The summed E-state index contributed by atoms with van der Waals surface area (Å²) in [6, 6.07) is 11.1. The average molecular weight is 432 g/mol. The number of benzene rings is 1. The second-order valence-electron chi connectivity index (χ2n) is 8.24. The monoisotopic (exact) mass is 431 g/mol. The molecule has 4 heterocycles. The van der Waals surface area contributed by atoms with Crippen molar-refractivity contribution in [3.05, 3.63) is 77.3 Å². The number of aryl methyl sites for hydroxylation is 1. The summed E-state index contributed by atoms with van der Waals surface area (Å²) in [7, 11) is 0. The average Bonchev–Trinajstić information content (AvgIpc) is 3.32. The number of pyridine rings is 2. The van der Waals surface area contributed by atoms with Crippen LogP contribution >= 0.6 is 11.6 Å². The summed E-state index contributed by atoms with van der Waals surface area (Å²) < 4.78 is 19.0. The molecule has 1 aromatic carbocycles. The van der Waals surface area contributed by atoms with E-state index < -0.39 is 0 Å². The van der Waals surface area contributed by atoms with E-state index in [9.17, 15) is 0 Å². The molecule has 0 spiro atoms. The van der Waals surface area contributed by atoms with Crippen LogP contribution in [-0.4, -0.2) is 24.1 Å². The lowest BCUT2D eigenvalue weighted by molar-refractivity contribution is 0.635. The summed E-state index contributed by atoms with van der Waals surface area (Å²) in [4.78, 5) is 4.33. The molecule has 4 aromatic heterocycles. The van der Waals surface area contributed by atoms with Gasteiger partial charge in [0, 0.05) is 35.5 Å². The third-order valence-corrected chi connectivity index (χ3v) is 6.35. The lowest BCUT2D eigenvalue weighted by Gasteiger charge is -2.10. The van der Waals surface area contributed by atoms with Gasteiger partial charge in [0.2, 0.25) is 0 Å². The standard InChI is InChI=1S/C24H19ClFN5/c1-14-2-5-18(13-27-14)30-8-6-16-11-17(12-20(26)23(16)30)19-7-9-31-21(10-15-3-4-15)28-29-24(31)22(19)25/h2,5-9,11-13,15H,3-4,10H2,1H3. The topological polar surface area (TPSA) is 48.0 Å². The first kappa shape index (κ1) is 18.5. The van der Waals surface area contributed by atoms with Crippen molar-refractivity contribution in [2.75, 3.05) is 0 Å². The van der Waals surface area contributed by atoms with Gasteiger partial charge in [0.1, 0.15) is 11.6 Å². The quantitative estimate of drug-likeness (QED) is 0.362. The maximum absolute atomic E-state index is 15.3. The lowest BCUT2D eigenvalue weighted by atomic mass is 10.0. The van der Waals surface area contributed by atoms with Crippen molar-refractivity contribution >= 4 is 28.2 Å². The Hall–Kier alpha value is -3.25. The predicted molar refractivity (Wildman–Crippen MR) is 119 cm³/mol. The van der Waals surface area contributed by atoms with Gasteiger partial charge < -0.3 is 4.57 Å². The Morgan fingerprint density at radius 2 is 1.97 bits per heavy atom. The minimum Gasteiger partial charge on any atom is -0.312 e. The first-order valence-electron chi connectivity index (χ1n) is 10.3. The zero-order chi connectivity index (χ0) is 21.1. The molecule has 1 aliphatic rings. The van der Waals surface area contributed by atoms with Gasteiger partial charge in [-0.05, 0) is 67.6 Å². The summed E-state index contributed by atoms with van der Waals surface area (Å²) in [5, 5.41) is 9.90. The summed E-state index contributed by atoms with van der Waals surface area (Å²) in [6.07, 6.45) is 8.95. The van der Waals surface area contributed by atoms with E-state index in [1.807, 2.05) is 58.6 Å². The molecule has 5 aromatic rings. The zero-order valence-corrected chi connectivity index (χ0v) is 17.6. The number of nitrogens with zero attached hydrogens (tertiary/aromatic N) is 5. The molecule has 6 rings (SSSR count). The smallest absolute Gasteiger partial charge is 0.180 e. The highest BCUT2D eigenvalue weighted by Crippen LogP contribution is 2.36. The minimum atomic E-state index is -0.315. The first-order chi connectivity index (χ1) is 15.1. The molecule has 0 amide bonds. The van der Waals surface area contributed by atoms with E-state index in [0.717, 1.165) is 34.6 Å². The summed E-state index contributed by atoms with van der Waals surface area (Å²) in [5.41, 5.74) is 4.31. The second-order valence-corrected chi connectivity index (χ2v) is 8.62. The molecule has 0 aliphatic heterocycles. The molecule has 7 heteroatoms. The molecule has 1 saturated carbocycles. The molecular formula is C24H19ClFN5. The SMILES string of the molecule is Cc1ccc(-n2ccc3cc(-c4ccn5c(CC6CC6)nnc5c4Cl)cc(F)c32)cn1. The van der Waals surface area contributed by atoms with Gasteiger partial charge in [0.05, 0.1) is 22.4 Å². The maximum atomic E-state index is 15.3. The van der Waals surface area contributed by atoms with E-state index in [4.69, 9.17) is 11.6 Å². The van der Waals surface area contributed by atoms with Crippen LogP contribution in [0.15, 0.2) is 55.0 Å². The van der Waals surface area contributed by atoms with Crippen molar-refractivity contribution in [2.24, 2.45) is 5.92 Å². The number of hydrogen-bond donors (Lipinski definition) is 0. The van der Waals surface area contributed by atoms with Gasteiger partial charge in [-0.25, -0.2) is 4.39 Å². The fraction of sp³-hybridized carbons (Fsp3) is 0.208. The maximum Gasteiger partial charge on any atom is 0.180 e. The first-order valence-corrected chi connectivity index (χ1v) is 10.7. The van der Waals surface area contributed by atoms with Gasteiger partial charge >= 0.3 is 0 Å². The molecule has 1 fully saturated rings. The Labute approximate surface area is 183 Å². The highest BCUT2D eigenvalue weighted by atomic mass is 35.5. The highest BCUT2D eigenvalue weighted by Gasteiger charge is 2.25. The lowest BCUT2D eigenvalue weighted by Crippen LogP contribution is -1.98. The predicted octanol–water partition coefficient (Wildman–Crippen LogP) is 5.79. The van der Waals surface area contributed by atoms with Crippen molar-refractivity contribution in [3.63, 3.8) is 0 Å². The minimum absolute atomic E-state index is 0.315. The van der Waals surface area contributed by atoms with E-state index >= 15 is 4.39 Å². The van der Waals surface area contributed by atoms with Crippen LogP contribution in [0.2, 0.25) is 5.02 Å². The van der Waals surface area contributed by atoms with Crippen LogP contribution in [0.3, 0.4) is 0 Å². The van der Waals surface area contributed by atoms with Crippen molar-refractivity contribution in [2.45, 2.75) is 26.2 Å². The van der Waals surface area contributed by atoms with E-state index in [0.29, 0.717) is 27.7 Å². The molecule has 0 atom stereocenters. The zero-order valence-electron chi connectivity index (χ0n) is 16.9. The highest BCUT2D eigenvalue weighted by molar-refractivity contribution is 6.36. The molecular weight excluding hydrogens is 413 g/mol. The Bertz CT molecular complexity index is 1450. The van der Waals surface area contributed by atoms with Crippen LogP contribution in [0.25, 0.3) is 33.4 Å². The number of halogens is 2. The molecule has 31 heavy (non-hydrogen) atoms. The molecule has 0 saturated heterocycles. The van der Waals surface area contributed by atoms with Gasteiger partial charge in [0.25, 0.3) is 0 Å². The van der Waals surface area contributed by atoms with Gasteiger partial charge in [0.15, 0.2) is 5.65 Å². The van der Waals surface area contributed by atoms with Crippen molar-refractivity contribution < 1.29 is 4.39 Å². The molecule has 0 N–H and O–H groups in total. The van der Waals surface area contributed by atoms with E-state index in [1.54, 1.807) is 6.20 Å². The Morgan fingerprint density at radius 3 is 2.74 bits per heavy atom. The second kappa shape index (κ2) is 6.89. The fourth-order valence-corrected chi connectivity index (χ4v) is 4.42. The van der Waals surface area contributed by atoms with Crippen LogP contribution in [-0.2, 0) is 6.42 Å². The number of aromatic nitrogens is 5. The van der Waals surface area contributed by atoms with Gasteiger partial charge in [-0.1, -0.05) is 11.6 Å². The van der Waals surface area contributed by atoms with Gasteiger partial charge in [-0.3, -0.25) is 9.38 Å². The normalized spacial score (nSPS) is 14.0. The third kappa shape index (κ3) is 3.10. The molecule has 0 bridgehead atoms. The molecule has 5 nitrogen and oxygen atoms in total. The third-order valence-electron chi connectivity index (χ3n) is 5.98. The number of hydrogen-bond acceptors (Lipinski definition) is 3. The molecule has 1 aliphatic carbocycles. The Kier molecular flexibility index (Phi) is 4.11. The summed E-state index contributed by atoms with van der Waals surface area (Å²) in [5.74, 6) is 1.32. The Morgan fingerprint density at radius 1 is 1.10 bits per heavy atom. The number of fused-ring (bicyclic) bond motifs is 2. The van der Waals surface area contributed by atoms with E-state index in [1.165, 1.54) is 18.9 Å². The summed E-state index contributed by atoms with van der Waals surface area (Å²) in [6.45, 7) is 1.93. The van der Waals surface area contributed by atoms with Crippen LogP contribution in [0.4, 0.5) is 4.39 Å². The van der Waals surface area contributed by atoms with E-state index in [-0.39, 0.29) is 5.82 Å². The van der Waals surface area contributed by atoms with Gasteiger partial charge in [-0.2, -0.15) is 0 Å². The van der Waals surface area contributed by atoms with Gasteiger partial charge in [-0.15, -0.1) is 10.2 Å². The van der Waals surface area contributed by atoms with Crippen LogP contribution in [0.1, 0.15) is 24.4 Å². The largest absolute Gasteiger partial charge is 0.312 e. The molecule has 0 unspecified atom stereocenters.